The Morgan fingerprint density at radius 2 is 1.59 bits per heavy atom. The molecule has 3 aromatic rings. The fourth-order valence-corrected chi connectivity index (χ4v) is 3.34. The summed E-state index contributed by atoms with van der Waals surface area (Å²) in [6, 6.07) is 13.5. The highest BCUT2D eigenvalue weighted by Gasteiger charge is 2.30. The highest BCUT2D eigenvalue weighted by atomic mass is 19.1. The second-order valence-corrected chi connectivity index (χ2v) is 7.10. The third kappa shape index (κ3) is 4.18. The second-order valence-electron chi connectivity index (χ2n) is 7.10. The van der Waals surface area contributed by atoms with E-state index in [1.54, 1.807) is 31.2 Å². The Kier molecular flexibility index (Phi) is 5.64. The summed E-state index contributed by atoms with van der Waals surface area (Å²) in [7, 11) is 2.97. The van der Waals surface area contributed by atoms with Crippen molar-refractivity contribution in [2.24, 2.45) is 0 Å². The summed E-state index contributed by atoms with van der Waals surface area (Å²) in [4.78, 5) is 25.5. The number of rotatable bonds is 5. The van der Waals surface area contributed by atoms with Gasteiger partial charge >= 0.3 is 5.97 Å². The summed E-state index contributed by atoms with van der Waals surface area (Å²) in [6.45, 7) is 1.73. The first-order valence-corrected chi connectivity index (χ1v) is 9.67. The minimum absolute atomic E-state index is 0.107. The molecule has 0 saturated heterocycles. The molecule has 0 fully saturated rings. The van der Waals surface area contributed by atoms with Gasteiger partial charge in [-0.1, -0.05) is 12.1 Å². The number of ketones is 1. The standard InChI is InChI=1S/C25H19FO6/c1-14-8-20(31-25(28)16-10-18(29-2)12-19(11-16)30-3)13-21-23(14)24(27)22(32-21)9-15-4-6-17(26)7-5-15/h4-13H,1-3H3/b22-9-. The molecule has 0 unspecified atom stereocenters. The smallest absolute Gasteiger partial charge is 0.343 e. The zero-order valence-electron chi connectivity index (χ0n) is 17.6. The fourth-order valence-electron chi connectivity index (χ4n) is 3.34. The molecule has 0 bridgehead atoms. The lowest BCUT2D eigenvalue weighted by Crippen LogP contribution is -2.09. The maximum Gasteiger partial charge on any atom is 0.343 e. The van der Waals surface area contributed by atoms with Crippen LogP contribution in [0.1, 0.15) is 31.8 Å². The van der Waals surface area contributed by atoms with Crippen LogP contribution >= 0.6 is 0 Å². The van der Waals surface area contributed by atoms with Gasteiger partial charge in [-0.15, -0.1) is 0 Å². The summed E-state index contributed by atoms with van der Waals surface area (Å²) in [5, 5.41) is 0. The van der Waals surface area contributed by atoms with Gasteiger partial charge in [0, 0.05) is 12.1 Å². The van der Waals surface area contributed by atoms with E-state index in [4.69, 9.17) is 18.9 Å². The third-order valence-corrected chi connectivity index (χ3v) is 4.91. The molecule has 0 spiro atoms. The molecule has 0 aromatic heterocycles. The number of benzene rings is 3. The van der Waals surface area contributed by atoms with Crippen molar-refractivity contribution in [2.45, 2.75) is 6.92 Å². The highest BCUT2D eigenvalue weighted by molar-refractivity contribution is 6.15. The molecule has 32 heavy (non-hydrogen) atoms. The van der Waals surface area contributed by atoms with Crippen LogP contribution < -0.4 is 18.9 Å². The van der Waals surface area contributed by atoms with E-state index < -0.39 is 5.97 Å². The number of halogens is 1. The van der Waals surface area contributed by atoms with Crippen molar-refractivity contribution in [2.75, 3.05) is 14.2 Å². The summed E-state index contributed by atoms with van der Waals surface area (Å²) < 4.78 is 34.7. The largest absolute Gasteiger partial charge is 0.497 e. The maximum absolute atomic E-state index is 13.1. The predicted molar refractivity (Wildman–Crippen MR) is 115 cm³/mol. The van der Waals surface area contributed by atoms with Crippen molar-refractivity contribution in [3.05, 3.63) is 88.4 Å². The molecule has 0 aliphatic carbocycles. The number of aryl methyl sites for hydroxylation is 1. The molecule has 0 atom stereocenters. The van der Waals surface area contributed by atoms with Crippen molar-refractivity contribution >= 4 is 17.8 Å². The molecule has 0 saturated carbocycles. The van der Waals surface area contributed by atoms with Crippen molar-refractivity contribution in [1.29, 1.82) is 0 Å². The third-order valence-electron chi connectivity index (χ3n) is 4.91. The Bertz CT molecular complexity index is 1220. The van der Waals surface area contributed by atoms with Gasteiger partial charge in [0.1, 0.15) is 28.8 Å². The van der Waals surface area contributed by atoms with Crippen LogP contribution in [0.4, 0.5) is 4.39 Å². The minimum atomic E-state index is -0.618. The average molecular weight is 434 g/mol. The van der Waals surface area contributed by atoms with E-state index in [-0.39, 0.29) is 34.4 Å². The molecule has 0 radical (unpaired) electrons. The fraction of sp³-hybridized carbons (Fsp3) is 0.120. The first-order valence-electron chi connectivity index (χ1n) is 9.67. The lowest BCUT2D eigenvalue weighted by atomic mass is 10.0. The minimum Gasteiger partial charge on any atom is -0.497 e. The molecule has 1 aliphatic rings. The predicted octanol–water partition coefficient (Wildman–Crippen LogP) is 4.99. The number of esters is 1. The first kappa shape index (κ1) is 21.1. The summed E-state index contributed by atoms with van der Waals surface area (Å²) in [5.74, 6) is 0.237. The summed E-state index contributed by atoms with van der Waals surface area (Å²) >= 11 is 0. The van der Waals surface area contributed by atoms with Crippen LogP contribution in [0.15, 0.2) is 60.4 Å². The summed E-state index contributed by atoms with van der Waals surface area (Å²) in [5.41, 5.74) is 1.86. The Balaban J connectivity index is 1.60. The van der Waals surface area contributed by atoms with Crippen LogP contribution in [0.5, 0.6) is 23.0 Å². The second kappa shape index (κ2) is 8.55. The van der Waals surface area contributed by atoms with Crippen LogP contribution in [0.2, 0.25) is 0 Å². The van der Waals surface area contributed by atoms with Crippen LogP contribution in [-0.4, -0.2) is 26.0 Å². The van der Waals surface area contributed by atoms with Crippen molar-refractivity contribution < 1.29 is 32.9 Å². The van der Waals surface area contributed by atoms with Crippen molar-refractivity contribution in [3.8, 4) is 23.0 Å². The number of Topliss-reactive ketones (excluding diaryl/α,β-unsaturated/α-hetero) is 1. The Morgan fingerprint density at radius 1 is 0.938 bits per heavy atom. The van der Waals surface area contributed by atoms with E-state index in [2.05, 4.69) is 0 Å². The number of allylic oxidation sites excluding steroid dienone is 1. The molecule has 6 nitrogen and oxygen atoms in total. The zero-order valence-corrected chi connectivity index (χ0v) is 17.6. The SMILES string of the molecule is COc1cc(OC)cc(C(=O)Oc2cc(C)c3c(c2)O/C(=C\c2ccc(F)cc2)C3=O)c1. The molecule has 0 amide bonds. The quantitative estimate of drug-likeness (QED) is 0.320. The van der Waals surface area contributed by atoms with Crippen LogP contribution in [0, 0.1) is 12.7 Å². The van der Waals surface area contributed by atoms with Gasteiger partial charge < -0.3 is 18.9 Å². The van der Waals surface area contributed by atoms with E-state index in [1.807, 2.05) is 0 Å². The van der Waals surface area contributed by atoms with Gasteiger partial charge in [0.25, 0.3) is 0 Å². The van der Waals surface area contributed by atoms with Crippen molar-refractivity contribution in [3.63, 3.8) is 0 Å². The monoisotopic (exact) mass is 434 g/mol. The molecular weight excluding hydrogens is 415 g/mol. The van der Waals surface area contributed by atoms with E-state index in [0.29, 0.717) is 28.2 Å². The molecule has 3 aromatic carbocycles. The first-order chi connectivity index (χ1) is 15.4. The van der Waals surface area contributed by atoms with Crippen LogP contribution in [-0.2, 0) is 0 Å². The van der Waals surface area contributed by atoms with Crippen LogP contribution in [0.3, 0.4) is 0 Å². The number of hydrogen-bond donors (Lipinski definition) is 0. The number of carbonyl (C=O) groups excluding carboxylic acids is 2. The van der Waals surface area contributed by atoms with Gasteiger partial charge in [-0.2, -0.15) is 0 Å². The molecule has 1 heterocycles. The Labute approximate surface area is 183 Å². The lowest BCUT2D eigenvalue weighted by molar-refractivity contribution is 0.0733. The molecule has 1 aliphatic heterocycles. The number of fused-ring (bicyclic) bond motifs is 1. The zero-order chi connectivity index (χ0) is 22.8. The number of carbonyl (C=O) groups is 2. The molecule has 162 valence electrons. The molecule has 0 N–H and O–H groups in total. The van der Waals surface area contributed by atoms with Gasteiger partial charge in [-0.3, -0.25) is 4.79 Å². The summed E-state index contributed by atoms with van der Waals surface area (Å²) in [6.07, 6.45) is 1.54. The highest BCUT2D eigenvalue weighted by Crippen LogP contribution is 2.38. The van der Waals surface area contributed by atoms with E-state index in [0.717, 1.165) is 0 Å². The number of hydrogen-bond acceptors (Lipinski definition) is 6. The lowest BCUT2D eigenvalue weighted by Gasteiger charge is -2.10. The maximum atomic E-state index is 13.1. The topological polar surface area (TPSA) is 71.1 Å². The van der Waals surface area contributed by atoms with Gasteiger partial charge in [-0.25, -0.2) is 9.18 Å². The van der Waals surface area contributed by atoms with Gasteiger partial charge in [0.15, 0.2) is 5.76 Å². The number of methoxy groups -OCH3 is 2. The Hall–Kier alpha value is -4.13. The normalized spacial score (nSPS) is 13.5. The molecule has 4 rings (SSSR count). The van der Waals surface area contributed by atoms with E-state index >= 15 is 0 Å². The van der Waals surface area contributed by atoms with Gasteiger partial charge in [0.2, 0.25) is 5.78 Å². The van der Waals surface area contributed by atoms with Gasteiger partial charge in [-0.05, 0) is 54.5 Å². The van der Waals surface area contributed by atoms with E-state index in [1.165, 1.54) is 50.6 Å². The van der Waals surface area contributed by atoms with E-state index in [9.17, 15) is 14.0 Å². The Morgan fingerprint density at radius 3 is 2.22 bits per heavy atom. The van der Waals surface area contributed by atoms with Crippen LogP contribution in [0.25, 0.3) is 6.08 Å². The molecule has 7 heteroatoms. The van der Waals surface area contributed by atoms with Gasteiger partial charge in [0.05, 0.1) is 25.3 Å². The average Bonchev–Trinajstić information content (AvgIpc) is 3.10. The molecular formula is C25H19FO6. The number of ether oxygens (including phenoxy) is 4. The van der Waals surface area contributed by atoms with Crippen molar-refractivity contribution in [1.82, 2.24) is 0 Å².